The molecule has 0 amide bonds. The minimum atomic E-state index is -4.23. The van der Waals surface area contributed by atoms with Crippen LogP contribution in [-0.4, -0.2) is 29.8 Å². The molecular formula is C19H35O5PSi. The van der Waals surface area contributed by atoms with E-state index in [0.717, 1.165) is 5.56 Å². The molecule has 1 rings (SSSR count). The van der Waals surface area contributed by atoms with E-state index in [1.54, 1.807) is 19.1 Å². The Morgan fingerprint density at radius 1 is 1.12 bits per heavy atom. The van der Waals surface area contributed by atoms with E-state index in [4.69, 9.17) is 4.43 Å². The van der Waals surface area contributed by atoms with Crippen molar-refractivity contribution in [1.29, 1.82) is 0 Å². The second kappa shape index (κ2) is 7.76. The van der Waals surface area contributed by atoms with Crippen LogP contribution in [0.25, 0.3) is 0 Å². The molecule has 0 bridgehead atoms. The Morgan fingerprint density at radius 3 is 2.12 bits per heavy atom. The van der Waals surface area contributed by atoms with Crippen LogP contribution < -0.4 is 0 Å². The predicted molar refractivity (Wildman–Crippen MR) is 109 cm³/mol. The van der Waals surface area contributed by atoms with Crippen LogP contribution in [0.2, 0.25) is 18.1 Å². The summed E-state index contributed by atoms with van der Waals surface area (Å²) < 4.78 is 17.8. The number of benzene rings is 1. The van der Waals surface area contributed by atoms with Crippen LogP contribution in [0.1, 0.15) is 57.7 Å². The molecule has 0 aromatic heterocycles. The first-order valence-electron chi connectivity index (χ1n) is 8.98. The van der Waals surface area contributed by atoms with E-state index in [2.05, 4.69) is 33.9 Å². The van der Waals surface area contributed by atoms with Crippen molar-refractivity contribution >= 4 is 15.9 Å². The number of rotatable bonds is 7. The topological polar surface area (TPSA) is 87.0 Å². The van der Waals surface area contributed by atoms with E-state index >= 15 is 0 Å². The number of hydrogen-bond acceptors (Lipinski definition) is 3. The average Bonchev–Trinajstić information content (AvgIpc) is 2.32. The minimum Gasteiger partial charge on any atom is -0.508 e. The van der Waals surface area contributed by atoms with Gasteiger partial charge in [0, 0.05) is 12.2 Å². The van der Waals surface area contributed by atoms with Gasteiger partial charge in [-0.15, -0.1) is 0 Å². The van der Waals surface area contributed by atoms with E-state index in [0.29, 0.717) is 24.2 Å². The highest BCUT2D eigenvalue weighted by Crippen LogP contribution is 2.45. The first-order chi connectivity index (χ1) is 11.5. The minimum absolute atomic E-state index is 0.0887. The molecule has 150 valence electrons. The first kappa shape index (κ1) is 23.4. The van der Waals surface area contributed by atoms with Crippen LogP contribution in [0, 0.1) is 6.92 Å². The van der Waals surface area contributed by atoms with Crippen LogP contribution in [0.4, 0.5) is 0 Å². The quantitative estimate of drug-likeness (QED) is 0.438. The summed E-state index contributed by atoms with van der Waals surface area (Å²) in [6, 6.07) is 3.40. The largest absolute Gasteiger partial charge is 0.508 e. The Bertz CT molecular complexity index is 686. The van der Waals surface area contributed by atoms with Crippen LogP contribution in [0.5, 0.6) is 5.75 Å². The van der Waals surface area contributed by atoms with Gasteiger partial charge >= 0.3 is 7.60 Å². The van der Waals surface area contributed by atoms with Crippen molar-refractivity contribution in [2.45, 2.75) is 77.7 Å². The van der Waals surface area contributed by atoms with Crippen molar-refractivity contribution in [3.8, 4) is 5.75 Å². The maximum absolute atomic E-state index is 11.6. The lowest BCUT2D eigenvalue weighted by molar-refractivity contribution is 0.248. The Kier molecular flexibility index (Phi) is 6.98. The monoisotopic (exact) mass is 402 g/mol. The van der Waals surface area contributed by atoms with E-state index in [-0.39, 0.29) is 16.9 Å². The van der Waals surface area contributed by atoms with E-state index in [1.165, 1.54) is 0 Å². The molecule has 0 heterocycles. The molecule has 0 aliphatic heterocycles. The van der Waals surface area contributed by atoms with Crippen molar-refractivity contribution in [2.75, 3.05) is 6.61 Å². The van der Waals surface area contributed by atoms with E-state index < -0.39 is 21.3 Å². The molecule has 5 nitrogen and oxygen atoms in total. The molecule has 1 aromatic carbocycles. The third-order valence-corrected chi connectivity index (χ3v) is 10.7. The van der Waals surface area contributed by atoms with E-state index in [9.17, 15) is 19.5 Å². The SMILES string of the molecule is Cc1cc(O)c(C(C)(C)CCO[Si](C)(C)C(C)(C)C)c(CP(=O)(O)O)c1. The average molecular weight is 403 g/mol. The highest BCUT2D eigenvalue weighted by atomic mass is 31.2. The van der Waals surface area contributed by atoms with Gasteiger partial charge in [0.25, 0.3) is 0 Å². The van der Waals surface area contributed by atoms with Crippen molar-refractivity contribution in [1.82, 2.24) is 0 Å². The van der Waals surface area contributed by atoms with Gasteiger partial charge in [0.05, 0.1) is 6.16 Å². The van der Waals surface area contributed by atoms with Gasteiger partial charge in [0.1, 0.15) is 5.75 Å². The summed E-state index contributed by atoms with van der Waals surface area (Å²) in [5, 5.41) is 10.6. The van der Waals surface area contributed by atoms with Gasteiger partial charge in [0.15, 0.2) is 8.32 Å². The molecule has 0 aliphatic rings. The zero-order chi connectivity index (χ0) is 20.6. The van der Waals surface area contributed by atoms with Crippen molar-refractivity contribution in [3.05, 3.63) is 28.8 Å². The van der Waals surface area contributed by atoms with Crippen molar-refractivity contribution < 1.29 is 23.9 Å². The van der Waals surface area contributed by atoms with Gasteiger partial charge < -0.3 is 19.3 Å². The first-order valence-corrected chi connectivity index (χ1v) is 13.7. The van der Waals surface area contributed by atoms with Gasteiger partial charge in [-0.2, -0.15) is 0 Å². The van der Waals surface area contributed by atoms with E-state index in [1.807, 2.05) is 13.8 Å². The fourth-order valence-corrected chi connectivity index (χ4v) is 4.61. The summed E-state index contributed by atoms with van der Waals surface area (Å²) in [7, 11) is -6.10. The molecule has 0 spiro atoms. The molecule has 0 unspecified atom stereocenters. The molecule has 0 saturated heterocycles. The smallest absolute Gasteiger partial charge is 0.329 e. The number of aryl methyl sites for hydroxylation is 1. The second-order valence-electron chi connectivity index (χ2n) is 9.38. The Labute approximate surface area is 159 Å². The van der Waals surface area contributed by atoms with Gasteiger partial charge in [-0.25, -0.2) is 0 Å². The Morgan fingerprint density at radius 2 is 1.65 bits per heavy atom. The molecule has 0 saturated carbocycles. The highest BCUT2D eigenvalue weighted by molar-refractivity contribution is 7.50. The number of hydrogen-bond donors (Lipinski definition) is 3. The summed E-state index contributed by atoms with van der Waals surface area (Å²) in [6.45, 7) is 17.3. The van der Waals surface area contributed by atoms with Crippen LogP contribution in [0.15, 0.2) is 12.1 Å². The summed E-state index contributed by atoms with van der Waals surface area (Å²) in [6.07, 6.45) is 0.286. The fraction of sp³-hybridized carbons (Fsp3) is 0.684. The van der Waals surface area contributed by atoms with Gasteiger partial charge in [-0.1, -0.05) is 40.7 Å². The lowest BCUT2D eigenvalue weighted by atomic mass is 9.78. The maximum Gasteiger partial charge on any atom is 0.329 e. The van der Waals surface area contributed by atoms with Gasteiger partial charge in [-0.3, -0.25) is 4.57 Å². The predicted octanol–water partition coefficient (Wildman–Crippen LogP) is 5.07. The van der Waals surface area contributed by atoms with Crippen LogP contribution >= 0.6 is 7.60 Å². The third kappa shape index (κ3) is 6.21. The summed E-state index contributed by atoms with van der Waals surface area (Å²) >= 11 is 0. The van der Waals surface area contributed by atoms with Crippen LogP contribution in [0.3, 0.4) is 0 Å². The molecule has 0 fully saturated rings. The molecule has 7 heteroatoms. The third-order valence-electron chi connectivity index (χ3n) is 5.39. The zero-order valence-corrected chi connectivity index (χ0v) is 19.3. The lowest BCUT2D eigenvalue weighted by Gasteiger charge is -2.37. The van der Waals surface area contributed by atoms with Gasteiger partial charge in [-0.05, 0) is 54.1 Å². The number of aromatic hydroxyl groups is 1. The Hall–Kier alpha value is -0.653. The van der Waals surface area contributed by atoms with Crippen LogP contribution in [-0.2, 0) is 20.6 Å². The maximum atomic E-state index is 11.6. The molecule has 0 atom stereocenters. The molecular weight excluding hydrogens is 367 g/mol. The molecule has 0 radical (unpaired) electrons. The normalized spacial score (nSPS) is 13.9. The molecule has 3 N–H and O–H groups in total. The zero-order valence-electron chi connectivity index (χ0n) is 17.4. The van der Waals surface area contributed by atoms with Crippen molar-refractivity contribution in [2.24, 2.45) is 0 Å². The standard InChI is InChI=1S/C19H35O5PSi/c1-14-11-15(13-25(21,22)23)17(16(20)12-14)19(5,6)9-10-24-26(7,8)18(2,3)4/h11-12,20H,9-10,13H2,1-8H3,(H2,21,22,23). The van der Waals surface area contributed by atoms with Gasteiger partial charge in [0.2, 0.25) is 0 Å². The number of phenols is 1. The summed E-state index contributed by atoms with van der Waals surface area (Å²) in [5.74, 6) is 0.0887. The summed E-state index contributed by atoms with van der Waals surface area (Å²) in [5.41, 5.74) is 1.42. The lowest BCUT2D eigenvalue weighted by Crippen LogP contribution is -2.41. The second-order valence-corrected chi connectivity index (χ2v) is 15.8. The fourth-order valence-electron chi connectivity index (χ4n) is 2.87. The number of phenolic OH excluding ortho intramolecular Hbond substituents is 1. The molecule has 26 heavy (non-hydrogen) atoms. The molecule has 1 aromatic rings. The summed E-state index contributed by atoms with van der Waals surface area (Å²) in [4.78, 5) is 18.9. The van der Waals surface area contributed by atoms with Crippen molar-refractivity contribution in [3.63, 3.8) is 0 Å². The Balaban J connectivity index is 3.10. The highest BCUT2D eigenvalue weighted by Gasteiger charge is 2.38. The molecule has 0 aliphatic carbocycles.